The summed E-state index contributed by atoms with van der Waals surface area (Å²) in [7, 11) is 1.62. The first kappa shape index (κ1) is 25.1. The van der Waals surface area contributed by atoms with Crippen LogP contribution in [0.15, 0.2) is 57.0 Å². The standard InChI is InChI=1S/C25H21F3N4O6/c1-13-14(4-3-5-17(13)25(26,27)28)11-31-21(33)20(38-24(36)37)12-30(23(31)35)16-8-9-18-19(10-16)32(15-6-7-15)22(34)29(18)2/h3-5,8-10,12,15H,6-7,11H2,1-2H3,(H,36,37). The van der Waals surface area contributed by atoms with Gasteiger partial charge in [0.05, 0.1) is 35.0 Å². The van der Waals surface area contributed by atoms with Gasteiger partial charge in [0.1, 0.15) is 0 Å². The summed E-state index contributed by atoms with van der Waals surface area (Å²) >= 11 is 0. The molecular formula is C25H21F3N4O6. The van der Waals surface area contributed by atoms with Crippen LogP contribution in [0.25, 0.3) is 16.7 Å². The Kier molecular flexibility index (Phi) is 5.80. The van der Waals surface area contributed by atoms with E-state index in [1.54, 1.807) is 23.7 Å². The maximum Gasteiger partial charge on any atom is 0.511 e. The van der Waals surface area contributed by atoms with Gasteiger partial charge < -0.3 is 9.84 Å². The number of hydrogen-bond donors (Lipinski definition) is 1. The number of aryl methyl sites for hydroxylation is 1. The van der Waals surface area contributed by atoms with Gasteiger partial charge in [-0.05, 0) is 55.2 Å². The molecule has 2 aromatic heterocycles. The molecule has 5 rings (SSSR count). The molecule has 13 heteroatoms. The molecule has 2 heterocycles. The fourth-order valence-corrected chi connectivity index (χ4v) is 4.59. The first-order valence-corrected chi connectivity index (χ1v) is 11.5. The normalized spacial score (nSPS) is 13.7. The highest BCUT2D eigenvalue weighted by Crippen LogP contribution is 2.36. The van der Waals surface area contributed by atoms with Gasteiger partial charge in [-0.25, -0.2) is 14.4 Å². The van der Waals surface area contributed by atoms with Gasteiger partial charge in [0.25, 0.3) is 5.56 Å². The zero-order chi connectivity index (χ0) is 27.5. The van der Waals surface area contributed by atoms with Crippen molar-refractivity contribution in [3.05, 3.63) is 90.6 Å². The Labute approximate surface area is 211 Å². The van der Waals surface area contributed by atoms with E-state index in [-0.39, 0.29) is 28.5 Å². The summed E-state index contributed by atoms with van der Waals surface area (Å²) in [5.74, 6) is -0.713. The van der Waals surface area contributed by atoms with E-state index in [1.807, 2.05) is 0 Å². The molecule has 198 valence electrons. The second-order valence-electron chi connectivity index (χ2n) is 9.11. The molecule has 0 spiro atoms. The van der Waals surface area contributed by atoms with Crippen molar-refractivity contribution >= 4 is 17.2 Å². The van der Waals surface area contributed by atoms with Crippen LogP contribution in [-0.4, -0.2) is 29.5 Å². The van der Waals surface area contributed by atoms with E-state index < -0.39 is 41.4 Å². The number of fused-ring (bicyclic) bond motifs is 1. The molecule has 10 nitrogen and oxygen atoms in total. The Hall–Kier alpha value is -4.55. The summed E-state index contributed by atoms with van der Waals surface area (Å²) in [4.78, 5) is 50.5. The molecule has 0 aliphatic heterocycles. The van der Waals surface area contributed by atoms with Crippen LogP contribution in [0, 0.1) is 6.92 Å². The lowest BCUT2D eigenvalue weighted by atomic mass is 10.0. The number of rotatable bonds is 5. The quantitative estimate of drug-likeness (QED) is 0.395. The van der Waals surface area contributed by atoms with Gasteiger partial charge >= 0.3 is 23.7 Å². The van der Waals surface area contributed by atoms with Crippen LogP contribution < -0.4 is 21.7 Å². The average Bonchev–Trinajstić information content (AvgIpc) is 3.64. The lowest BCUT2D eigenvalue weighted by molar-refractivity contribution is -0.138. The van der Waals surface area contributed by atoms with Crippen molar-refractivity contribution in [1.82, 2.24) is 18.3 Å². The summed E-state index contributed by atoms with van der Waals surface area (Å²) in [6, 6.07) is 8.09. The third-order valence-electron chi connectivity index (χ3n) is 6.68. The topological polar surface area (TPSA) is 117 Å². The van der Waals surface area contributed by atoms with E-state index in [0.717, 1.165) is 35.7 Å². The predicted octanol–water partition coefficient (Wildman–Crippen LogP) is 3.42. The van der Waals surface area contributed by atoms with Crippen molar-refractivity contribution in [1.29, 1.82) is 0 Å². The molecule has 1 fully saturated rings. The molecule has 0 amide bonds. The molecule has 0 unspecified atom stereocenters. The van der Waals surface area contributed by atoms with Crippen LogP contribution in [0.5, 0.6) is 5.75 Å². The van der Waals surface area contributed by atoms with Crippen LogP contribution in [0.3, 0.4) is 0 Å². The van der Waals surface area contributed by atoms with Gasteiger partial charge in [-0.1, -0.05) is 12.1 Å². The van der Waals surface area contributed by atoms with E-state index in [0.29, 0.717) is 15.6 Å². The fourth-order valence-electron chi connectivity index (χ4n) is 4.59. The number of alkyl halides is 3. The second-order valence-corrected chi connectivity index (χ2v) is 9.11. The molecule has 1 N–H and O–H groups in total. The molecular weight excluding hydrogens is 509 g/mol. The summed E-state index contributed by atoms with van der Waals surface area (Å²) in [6.45, 7) is 0.657. The highest BCUT2D eigenvalue weighted by Gasteiger charge is 2.33. The molecule has 2 aromatic carbocycles. The van der Waals surface area contributed by atoms with Crippen molar-refractivity contribution < 1.29 is 27.8 Å². The average molecular weight is 530 g/mol. The van der Waals surface area contributed by atoms with E-state index in [1.165, 1.54) is 23.6 Å². The van der Waals surface area contributed by atoms with Crippen molar-refractivity contribution in [2.45, 2.75) is 38.5 Å². The number of carbonyl (C=O) groups is 1. The Morgan fingerprint density at radius 1 is 1.08 bits per heavy atom. The lowest BCUT2D eigenvalue weighted by Crippen LogP contribution is -2.40. The van der Waals surface area contributed by atoms with Crippen molar-refractivity contribution in [3.8, 4) is 11.4 Å². The smallest absolute Gasteiger partial charge is 0.449 e. The first-order chi connectivity index (χ1) is 17.9. The van der Waals surface area contributed by atoms with Crippen LogP contribution >= 0.6 is 0 Å². The fraction of sp³-hybridized carbons (Fsp3) is 0.280. The molecule has 1 aliphatic rings. The third kappa shape index (κ3) is 4.19. The van der Waals surface area contributed by atoms with Gasteiger partial charge in [0.15, 0.2) is 0 Å². The van der Waals surface area contributed by atoms with Crippen molar-refractivity contribution in [2.75, 3.05) is 0 Å². The lowest BCUT2D eigenvalue weighted by Gasteiger charge is -2.16. The number of hydrogen-bond acceptors (Lipinski definition) is 5. The molecule has 38 heavy (non-hydrogen) atoms. The molecule has 1 saturated carbocycles. The van der Waals surface area contributed by atoms with Gasteiger partial charge in [0.2, 0.25) is 5.75 Å². The van der Waals surface area contributed by atoms with E-state index in [4.69, 9.17) is 5.11 Å². The Bertz CT molecular complexity index is 1790. The van der Waals surface area contributed by atoms with Crippen LogP contribution in [0.4, 0.5) is 18.0 Å². The highest BCUT2D eigenvalue weighted by molar-refractivity contribution is 5.79. The van der Waals surface area contributed by atoms with Crippen LogP contribution in [-0.2, 0) is 19.8 Å². The SMILES string of the molecule is Cc1c(Cn2c(=O)c(OC(=O)O)cn(-c3ccc4c(c3)n(C3CC3)c(=O)n4C)c2=O)cccc1C(F)(F)F. The number of ether oxygens (including phenoxy) is 1. The monoisotopic (exact) mass is 530 g/mol. The highest BCUT2D eigenvalue weighted by atomic mass is 19.4. The maximum atomic E-state index is 13.5. The second kappa shape index (κ2) is 8.78. The van der Waals surface area contributed by atoms with Gasteiger partial charge in [-0.2, -0.15) is 13.2 Å². The van der Waals surface area contributed by atoms with Crippen LogP contribution in [0.2, 0.25) is 0 Å². The molecule has 1 aliphatic carbocycles. The number of aromatic nitrogens is 4. The van der Waals surface area contributed by atoms with Gasteiger partial charge in [0, 0.05) is 13.1 Å². The van der Waals surface area contributed by atoms with E-state index in [9.17, 15) is 32.3 Å². The third-order valence-corrected chi connectivity index (χ3v) is 6.68. The number of nitrogens with zero attached hydrogens (tertiary/aromatic N) is 4. The molecule has 0 saturated heterocycles. The molecule has 0 bridgehead atoms. The summed E-state index contributed by atoms with van der Waals surface area (Å²) in [5.41, 5.74) is -2.00. The number of benzene rings is 2. The minimum Gasteiger partial charge on any atom is -0.449 e. The molecule has 4 aromatic rings. The zero-order valence-electron chi connectivity index (χ0n) is 20.2. The Morgan fingerprint density at radius 2 is 1.79 bits per heavy atom. The largest absolute Gasteiger partial charge is 0.511 e. The van der Waals surface area contributed by atoms with E-state index >= 15 is 0 Å². The number of carboxylic acid groups (broad SMARTS) is 1. The Morgan fingerprint density at radius 3 is 2.42 bits per heavy atom. The summed E-state index contributed by atoms with van der Waals surface area (Å²) in [6.07, 6.45) is -3.91. The number of halogens is 3. The Balaban J connectivity index is 1.71. The minimum atomic E-state index is -4.65. The molecule has 0 atom stereocenters. The maximum absolute atomic E-state index is 13.5. The van der Waals surface area contributed by atoms with Crippen molar-refractivity contribution in [3.63, 3.8) is 0 Å². The van der Waals surface area contributed by atoms with Crippen LogP contribution in [0.1, 0.15) is 35.6 Å². The van der Waals surface area contributed by atoms with E-state index in [2.05, 4.69) is 4.74 Å². The molecule has 0 radical (unpaired) electrons. The van der Waals surface area contributed by atoms with Crippen molar-refractivity contribution in [2.24, 2.45) is 7.05 Å². The van der Waals surface area contributed by atoms with Gasteiger partial charge in [-0.15, -0.1) is 0 Å². The first-order valence-electron chi connectivity index (χ1n) is 11.5. The minimum absolute atomic E-state index is 0.0157. The zero-order valence-corrected chi connectivity index (χ0v) is 20.2. The van der Waals surface area contributed by atoms with Gasteiger partial charge in [-0.3, -0.25) is 23.1 Å². The predicted molar refractivity (Wildman–Crippen MR) is 129 cm³/mol. The summed E-state index contributed by atoms with van der Waals surface area (Å²) in [5, 5.41) is 9.13. The number of imidazole rings is 1. The summed E-state index contributed by atoms with van der Waals surface area (Å²) < 4.78 is 49.6.